The number of aliphatic hydroxyl groups excluding tert-OH is 3. The number of rotatable bonds is 4. The van der Waals surface area contributed by atoms with Crippen molar-refractivity contribution in [2.75, 3.05) is 0 Å². The van der Waals surface area contributed by atoms with Crippen molar-refractivity contribution in [3.8, 4) is 0 Å². The molecule has 5 nitrogen and oxygen atoms in total. The minimum absolute atomic E-state index is 0. The van der Waals surface area contributed by atoms with Gasteiger partial charge in [0.25, 0.3) is 0 Å². The Balaban J connectivity index is 0.00000304. The van der Waals surface area contributed by atoms with Crippen LogP contribution in [0.4, 0.5) is 0 Å². The molecule has 1 radical (unpaired) electrons. The van der Waals surface area contributed by atoms with Gasteiger partial charge in [-0.1, -0.05) is 57.1 Å². The molecule has 0 heterocycles. The standard InChI is InChI=1S/C30H47O5.Ac/c1-17(2)8-7-11-29(25(34)35)16-30(29)22-14-21(32)24-26(4)12-10-20(31)18(3)19(26)9-13-27(24,5)28(22,6)15-23(30)33;/h8,18-22,24,31-33H,7,9-16H2,1-6H3,(H,34,35);/q-1;/t18?,19?,20?,21?,22?,24?,26-,27?,28-,29?,30?;/m0./s1. The molecule has 5 aliphatic carbocycles. The van der Waals surface area contributed by atoms with Crippen molar-refractivity contribution in [2.24, 2.45) is 50.7 Å². The van der Waals surface area contributed by atoms with E-state index in [1.54, 1.807) is 0 Å². The van der Waals surface area contributed by atoms with E-state index in [9.17, 15) is 25.2 Å². The molecular weight excluding hydrogens is 667 g/mol. The molecule has 11 atom stereocenters. The number of fused-ring (bicyclic) bond motifs is 6. The van der Waals surface area contributed by atoms with Gasteiger partial charge >= 0.3 is 5.97 Å². The first kappa shape index (κ1) is 29.5. The first-order valence-electron chi connectivity index (χ1n) is 14.0. The number of carboxylic acid groups (broad SMARTS) is 1. The molecule has 36 heavy (non-hydrogen) atoms. The fraction of sp³-hybridized carbons (Fsp3) is 0.867. The maximum absolute atomic E-state index is 12.8. The van der Waals surface area contributed by atoms with Gasteiger partial charge in [-0.2, -0.15) is 6.10 Å². The Morgan fingerprint density at radius 2 is 1.72 bits per heavy atom. The van der Waals surface area contributed by atoms with Gasteiger partial charge < -0.3 is 20.4 Å². The van der Waals surface area contributed by atoms with E-state index in [1.165, 1.54) is 5.57 Å². The molecule has 5 fully saturated rings. The van der Waals surface area contributed by atoms with E-state index in [0.717, 1.165) is 25.7 Å². The normalized spacial score (nSPS) is 53.6. The van der Waals surface area contributed by atoms with Gasteiger partial charge in [0.1, 0.15) is 0 Å². The molecule has 201 valence electrons. The summed E-state index contributed by atoms with van der Waals surface area (Å²) in [6.45, 7) is 13.2. The van der Waals surface area contributed by atoms with E-state index in [0.29, 0.717) is 44.1 Å². The summed E-state index contributed by atoms with van der Waals surface area (Å²) in [4.78, 5) is 12.8. The Bertz CT molecular complexity index is 932. The van der Waals surface area contributed by atoms with Crippen molar-refractivity contribution in [3.05, 3.63) is 17.8 Å². The molecule has 5 aliphatic rings. The van der Waals surface area contributed by atoms with E-state index in [2.05, 4.69) is 33.8 Å². The number of hydrogen-bond acceptors (Lipinski definition) is 4. The Hall–Kier alpha value is 0.532. The van der Waals surface area contributed by atoms with Crippen molar-refractivity contribution in [1.29, 1.82) is 0 Å². The zero-order chi connectivity index (χ0) is 25.8. The minimum atomic E-state index is -0.932. The van der Waals surface area contributed by atoms with Crippen LogP contribution in [0.15, 0.2) is 11.6 Å². The van der Waals surface area contributed by atoms with Gasteiger partial charge in [0.15, 0.2) is 0 Å². The fourth-order valence-corrected chi connectivity index (χ4v) is 11.0. The molecule has 6 heteroatoms. The van der Waals surface area contributed by atoms with E-state index in [-0.39, 0.29) is 84.2 Å². The maximum atomic E-state index is 12.8. The summed E-state index contributed by atoms with van der Waals surface area (Å²) < 4.78 is 0. The molecule has 5 rings (SSSR count). The third-order valence-corrected chi connectivity index (χ3v) is 12.9. The first-order chi connectivity index (χ1) is 16.2. The smallest absolute Gasteiger partial charge is 0.307 e. The van der Waals surface area contributed by atoms with Crippen LogP contribution in [0.2, 0.25) is 0 Å². The molecule has 1 spiro atoms. The Morgan fingerprint density at radius 3 is 2.33 bits per heavy atom. The van der Waals surface area contributed by atoms with Gasteiger partial charge in [0.2, 0.25) is 0 Å². The molecule has 0 aromatic heterocycles. The maximum Gasteiger partial charge on any atom is 0.307 e. The first-order valence-corrected chi connectivity index (χ1v) is 14.0. The zero-order valence-corrected chi connectivity index (χ0v) is 27.9. The van der Waals surface area contributed by atoms with Crippen LogP contribution >= 0.6 is 0 Å². The molecule has 0 aromatic rings. The quantitative estimate of drug-likeness (QED) is 0.221. The van der Waals surface area contributed by atoms with Gasteiger partial charge in [-0.15, -0.1) is 11.8 Å². The molecular formula is C30H47AcO5-. The molecule has 9 unspecified atom stereocenters. The van der Waals surface area contributed by atoms with Gasteiger partial charge in [-0.05, 0) is 87.4 Å². The van der Waals surface area contributed by atoms with Crippen LogP contribution in [0, 0.1) is 101 Å². The fourth-order valence-electron chi connectivity index (χ4n) is 11.0. The third-order valence-electron chi connectivity index (χ3n) is 12.9. The number of aliphatic hydroxyl groups is 3. The summed E-state index contributed by atoms with van der Waals surface area (Å²) in [5, 5.41) is 44.6. The molecule has 5 saturated carbocycles. The molecule has 0 aliphatic heterocycles. The van der Waals surface area contributed by atoms with Gasteiger partial charge in [0, 0.05) is 49.5 Å². The predicted molar refractivity (Wildman–Crippen MR) is 135 cm³/mol. The van der Waals surface area contributed by atoms with Gasteiger partial charge in [-0.25, -0.2) is 0 Å². The summed E-state index contributed by atoms with van der Waals surface area (Å²) in [5.41, 5.74) is -0.953. The number of hydrogen-bond donors (Lipinski definition) is 4. The van der Waals surface area contributed by atoms with Crippen LogP contribution in [0.3, 0.4) is 0 Å². The minimum Gasteiger partial charge on any atom is -0.562 e. The number of carbonyl (C=O) groups is 1. The third kappa shape index (κ3) is 3.55. The average Bonchev–Trinajstić information content (AvgIpc) is 3.38. The van der Waals surface area contributed by atoms with E-state index >= 15 is 0 Å². The summed E-state index contributed by atoms with van der Waals surface area (Å²) in [5.74, 6) is -0.111. The summed E-state index contributed by atoms with van der Waals surface area (Å²) in [6.07, 6.45) is 8.25. The predicted octanol–water partition coefficient (Wildman–Crippen LogP) is 5.72. The van der Waals surface area contributed by atoms with E-state index in [4.69, 9.17) is 0 Å². The Kier molecular flexibility index (Phi) is 7.62. The Labute approximate surface area is 253 Å². The van der Waals surface area contributed by atoms with Crippen LogP contribution in [0.1, 0.15) is 99.3 Å². The molecule has 0 aromatic carbocycles. The van der Waals surface area contributed by atoms with Crippen molar-refractivity contribution >= 4 is 5.97 Å². The molecule has 0 bridgehead atoms. The average molecular weight is 715 g/mol. The van der Waals surface area contributed by atoms with Crippen molar-refractivity contribution in [1.82, 2.24) is 0 Å². The van der Waals surface area contributed by atoms with Crippen LogP contribution in [0.25, 0.3) is 0 Å². The zero-order valence-electron chi connectivity index (χ0n) is 23.2. The number of carboxylic acids is 1. The number of aliphatic carboxylic acids is 1. The van der Waals surface area contributed by atoms with Gasteiger partial charge in [-0.3, -0.25) is 4.79 Å². The summed E-state index contributed by atoms with van der Waals surface area (Å²) >= 11 is 0. The largest absolute Gasteiger partial charge is 0.562 e. The second-order valence-electron chi connectivity index (χ2n) is 14.3. The second-order valence-corrected chi connectivity index (χ2v) is 14.3. The van der Waals surface area contributed by atoms with Crippen molar-refractivity contribution in [3.63, 3.8) is 0 Å². The monoisotopic (exact) mass is 714 g/mol. The Morgan fingerprint density at radius 1 is 1.06 bits per heavy atom. The van der Waals surface area contributed by atoms with Crippen LogP contribution < -0.4 is 0 Å². The number of allylic oxidation sites excluding steroid dienone is 2. The molecule has 0 saturated heterocycles. The van der Waals surface area contributed by atoms with Crippen molar-refractivity contribution < 1.29 is 69.3 Å². The van der Waals surface area contributed by atoms with Crippen LogP contribution in [0.5, 0.6) is 0 Å². The van der Waals surface area contributed by atoms with Crippen LogP contribution in [-0.2, 0) is 4.79 Å². The van der Waals surface area contributed by atoms with Crippen molar-refractivity contribution in [2.45, 2.75) is 112 Å². The van der Waals surface area contributed by atoms with E-state index < -0.39 is 22.9 Å². The van der Waals surface area contributed by atoms with E-state index in [1.807, 2.05) is 13.8 Å². The molecule has 4 N–H and O–H groups in total. The van der Waals surface area contributed by atoms with Crippen LogP contribution in [-0.4, -0.2) is 38.6 Å². The molecule has 0 amide bonds. The van der Waals surface area contributed by atoms with Gasteiger partial charge in [0.05, 0.1) is 12.2 Å². The second kappa shape index (κ2) is 9.29. The summed E-state index contributed by atoms with van der Waals surface area (Å²) in [7, 11) is 0. The SMILES string of the molecule is CC(C)=CCCC1(C(=O)O)CC12[C-](O)C[C@@]1(C)C2CC(O)C2C1(C)CCC1C(C)C(O)CC[C@@]12C.[Ac]. The summed E-state index contributed by atoms with van der Waals surface area (Å²) in [6, 6.07) is 0. The topological polar surface area (TPSA) is 98.0 Å².